The number of rotatable bonds is 4. The number of amides is 2. The van der Waals surface area contributed by atoms with E-state index in [1.165, 1.54) is 0 Å². The number of carbonyl (C=O) groups excluding carboxylic acids is 1. The van der Waals surface area contributed by atoms with Crippen molar-refractivity contribution >= 4 is 12.0 Å². The van der Waals surface area contributed by atoms with Gasteiger partial charge in [0, 0.05) is 25.0 Å². The first-order valence-electron chi connectivity index (χ1n) is 6.81. The summed E-state index contributed by atoms with van der Waals surface area (Å²) >= 11 is 0. The summed E-state index contributed by atoms with van der Waals surface area (Å²) in [5.74, 6) is -1.11. The quantitative estimate of drug-likeness (QED) is 0.778. The summed E-state index contributed by atoms with van der Waals surface area (Å²) in [6.45, 7) is 0.434. The van der Waals surface area contributed by atoms with E-state index in [1.807, 2.05) is 12.1 Å². The number of hydrogen-bond acceptors (Lipinski definition) is 3. The minimum Gasteiger partial charge on any atom is -0.481 e. The molecule has 0 bridgehead atoms. The van der Waals surface area contributed by atoms with E-state index in [-0.39, 0.29) is 18.0 Å². The molecule has 0 saturated heterocycles. The molecule has 0 radical (unpaired) electrons. The Hall–Kier alpha value is -2.11. The van der Waals surface area contributed by atoms with Crippen molar-refractivity contribution in [3.8, 4) is 0 Å². The van der Waals surface area contributed by atoms with Crippen LogP contribution >= 0.6 is 0 Å². The smallest absolute Gasteiger partial charge is 0.315 e. The van der Waals surface area contributed by atoms with E-state index in [2.05, 4.69) is 15.6 Å². The fraction of sp³-hybridized carbons (Fsp3) is 0.500. The van der Waals surface area contributed by atoms with Gasteiger partial charge >= 0.3 is 12.0 Å². The van der Waals surface area contributed by atoms with Crippen molar-refractivity contribution in [1.29, 1.82) is 0 Å². The molecule has 0 aliphatic heterocycles. The molecular weight excluding hydrogens is 258 g/mol. The van der Waals surface area contributed by atoms with Crippen LogP contribution in [0.1, 0.15) is 31.2 Å². The number of nitrogens with zero attached hydrogens (tertiary/aromatic N) is 1. The first-order chi connectivity index (χ1) is 9.65. The Morgan fingerprint density at radius 3 is 2.75 bits per heavy atom. The van der Waals surface area contributed by atoms with E-state index in [0.29, 0.717) is 19.4 Å². The molecule has 1 aliphatic rings. The highest BCUT2D eigenvalue weighted by atomic mass is 16.4. The summed E-state index contributed by atoms with van der Waals surface area (Å²) < 4.78 is 0. The molecule has 0 spiro atoms. The molecule has 1 aromatic heterocycles. The van der Waals surface area contributed by atoms with Gasteiger partial charge in [-0.3, -0.25) is 9.78 Å². The molecule has 1 fully saturated rings. The first kappa shape index (κ1) is 14.3. The number of carboxylic acids is 1. The largest absolute Gasteiger partial charge is 0.481 e. The molecule has 2 atom stereocenters. The van der Waals surface area contributed by atoms with Crippen LogP contribution in [0.25, 0.3) is 0 Å². The summed E-state index contributed by atoms with van der Waals surface area (Å²) in [5.41, 5.74) is 0.974. The molecule has 2 rings (SSSR count). The van der Waals surface area contributed by atoms with Crippen LogP contribution in [-0.2, 0) is 11.3 Å². The lowest BCUT2D eigenvalue weighted by Crippen LogP contribution is -2.44. The maximum Gasteiger partial charge on any atom is 0.315 e. The predicted molar refractivity (Wildman–Crippen MR) is 73.0 cm³/mol. The second kappa shape index (κ2) is 6.88. The zero-order valence-corrected chi connectivity index (χ0v) is 11.2. The van der Waals surface area contributed by atoms with Gasteiger partial charge < -0.3 is 15.7 Å². The highest BCUT2D eigenvalue weighted by Crippen LogP contribution is 2.24. The Balaban J connectivity index is 1.75. The summed E-state index contributed by atoms with van der Waals surface area (Å²) in [7, 11) is 0. The monoisotopic (exact) mass is 277 g/mol. The molecule has 20 heavy (non-hydrogen) atoms. The standard InChI is InChI=1S/C14H19N3O3/c18-13(19)11-2-1-3-12(8-11)17-14(20)16-9-10-4-6-15-7-5-10/h4-7,11-12H,1-3,8-9H2,(H,18,19)(H2,16,17,20). The van der Waals surface area contributed by atoms with Crippen LogP contribution in [0, 0.1) is 5.92 Å². The summed E-state index contributed by atoms with van der Waals surface area (Å²) in [6, 6.07) is 3.36. The molecule has 6 heteroatoms. The molecule has 108 valence electrons. The first-order valence-corrected chi connectivity index (χ1v) is 6.81. The molecule has 1 saturated carbocycles. The van der Waals surface area contributed by atoms with E-state index in [1.54, 1.807) is 12.4 Å². The van der Waals surface area contributed by atoms with E-state index in [0.717, 1.165) is 18.4 Å². The van der Waals surface area contributed by atoms with Crippen molar-refractivity contribution in [2.45, 2.75) is 38.3 Å². The van der Waals surface area contributed by atoms with E-state index < -0.39 is 5.97 Å². The number of aliphatic carboxylic acids is 1. The van der Waals surface area contributed by atoms with Gasteiger partial charge in [-0.05, 0) is 37.0 Å². The lowest BCUT2D eigenvalue weighted by Gasteiger charge is -2.27. The van der Waals surface area contributed by atoms with Gasteiger partial charge in [-0.15, -0.1) is 0 Å². The third-order valence-electron chi connectivity index (χ3n) is 3.56. The molecule has 1 aliphatic carbocycles. The molecular formula is C14H19N3O3. The Labute approximate surface area is 117 Å². The van der Waals surface area contributed by atoms with Gasteiger partial charge in [-0.2, -0.15) is 0 Å². The minimum absolute atomic E-state index is 0.0534. The fourth-order valence-corrected chi connectivity index (χ4v) is 2.46. The van der Waals surface area contributed by atoms with Crippen LogP contribution in [0.5, 0.6) is 0 Å². The van der Waals surface area contributed by atoms with Crippen LogP contribution in [0.2, 0.25) is 0 Å². The van der Waals surface area contributed by atoms with Crippen LogP contribution in [0.3, 0.4) is 0 Å². The van der Waals surface area contributed by atoms with Gasteiger partial charge in [0.1, 0.15) is 0 Å². The Kier molecular flexibility index (Phi) is 4.92. The highest BCUT2D eigenvalue weighted by Gasteiger charge is 2.27. The Morgan fingerprint density at radius 2 is 2.05 bits per heavy atom. The normalized spacial score (nSPS) is 22.0. The average molecular weight is 277 g/mol. The molecule has 2 amide bonds. The van der Waals surface area contributed by atoms with Crippen LogP contribution < -0.4 is 10.6 Å². The maximum atomic E-state index is 11.8. The van der Waals surface area contributed by atoms with Gasteiger partial charge in [0.2, 0.25) is 0 Å². The van der Waals surface area contributed by atoms with Crippen LogP contribution in [-0.4, -0.2) is 28.1 Å². The number of nitrogens with one attached hydrogen (secondary N) is 2. The second-order valence-electron chi connectivity index (χ2n) is 5.08. The zero-order valence-electron chi connectivity index (χ0n) is 11.2. The molecule has 6 nitrogen and oxygen atoms in total. The Morgan fingerprint density at radius 1 is 1.30 bits per heavy atom. The number of carboxylic acid groups (broad SMARTS) is 1. The minimum atomic E-state index is -0.770. The van der Waals surface area contributed by atoms with Crippen molar-refractivity contribution in [3.05, 3.63) is 30.1 Å². The lowest BCUT2D eigenvalue weighted by molar-refractivity contribution is -0.143. The van der Waals surface area contributed by atoms with Crippen molar-refractivity contribution in [2.75, 3.05) is 0 Å². The van der Waals surface area contributed by atoms with Gasteiger partial charge in [0.05, 0.1) is 5.92 Å². The van der Waals surface area contributed by atoms with E-state index >= 15 is 0 Å². The second-order valence-corrected chi connectivity index (χ2v) is 5.08. The van der Waals surface area contributed by atoms with Crippen molar-refractivity contribution in [2.24, 2.45) is 5.92 Å². The number of urea groups is 1. The van der Waals surface area contributed by atoms with Gasteiger partial charge in [0.25, 0.3) is 0 Å². The summed E-state index contributed by atoms with van der Waals surface area (Å²) in [4.78, 5) is 26.6. The lowest BCUT2D eigenvalue weighted by atomic mass is 9.86. The topological polar surface area (TPSA) is 91.3 Å². The average Bonchev–Trinajstić information content (AvgIpc) is 2.46. The van der Waals surface area contributed by atoms with Gasteiger partial charge in [-0.1, -0.05) is 6.42 Å². The highest BCUT2D eigenvalue weighted by molar-refractivity contribution is 5.74. The summed E-state index contributed by atoms with van der Waals surface area (Å²) in [5, 5.41) is 14.6. The predicted octanol–water partition coefficient (Wildman–Crippen LogP) is 1.52. The number of hydrogen-bond donors (Lipinski definition) is 3. The van der Waals surface area contributed by atoms with E-state index in [4.69, 9.17) is 5.11 Å². The van der Waals surface area contributed by atoms with Crippen molar-refractivity contribution < 1.29 is 14.7 Å². The molecule has 1 heterocycles. The molecule has 2 unspecified atom stereocenters. The van der Waals surface area contributed by atoms with Crippen molar-refractivity contribution in [1.82, 2.24) is 15.6 Å². The molecule has 0 aromatic carbocycles. The fourth-order valence-electron chi connectivity index (χ4n) is 2.46. The maximum absolute atomic E-state index is 11.8. The zero-order chi connectivity index (χ0) is 14.4. The molecule has 1 aromatic rings. The molecule has 3 N–H and O–H groups in total. The van der Waals surface area contributed by atoms with Crippen LogP contribution in [0.15, 0.2) is 24.5 Å². The Bertz CT molecular complexity index is 464. The van der Waals surface area contributed by atoms with Crippen molar-refractivity contribution in [3.63, 3.8) is 0 Å². The summed E-state index contributed by atoms with van der Waals surface area (Å²) in [6.07, 6.45) is 6.24. The van der Waals surface area contributed by atoms with E-state index in [9.17, 15) is 9.59 Å². The van der Waals surface area contributed by atoms with Crippen LogP contribution in [0.4, 0.5) is 4.79 Å². The number of aromatic nitrogens is 1. The number of carbonyl (C=O) groups is 2. The SMILES string of the molecule is O=C(NCc1ccncc1)NC1CCCC(C(=O)O)C1. The third-order valence-corrected chi connectivity index (χ3v) is 3.56. The van der Waals surface area contributed by atoms with Gasteiger partial charge in [-0.25, -0.2) is 4.79 Å². The van der Waals surface area contributed by atoms with Gasteiger partial charge in [0.15, 0.2) is 0 Å². The number of pyridine rings is 1. The third kappa shape index (κ3) is 4.22.